The fourth-order valence-electron chi connectivity index (χ4n) is 2.10. The molecule has 0 aliphatic carbocycles. The highest BCUT2D eigenvalue weighted by Crippen LogP contribution is 2.18. The van der Waals surface area contributed by atoms with Gasteiger partial charge in [0.15, 0.2) is 0 Å². The van der Waals surface area contributed by atoms with Gasteiger partial charge >= 0.3 is 0 Å². The molecule has 0 heterocycles. The zero-order valence-electron chi connectivity index (χ0n) is 14.5. The molecule has 0 unspecified atom stereocenters. The van der Waals surface area contributed by atoms with Crippen LogP contribution in [0.4, 0.5) is 11.4 Å². The Kier molecular flexibility index (Phi) is 6.89. The van der Waals surface area contributed by atoms with Crippen molar-refractivity contribution in [3.8, 4) is 5.75 Å². The van der Waals surface area contributed by atoms with Crippen LogP contribution in [0.2, 0.25) is 0 Å². The number of nitrogens with one attached hydrogen (secondary N) is 2. The van der Waals surface area contributed by atoms with Crippen molar-refractivity contribution in [2.75, 3.05) is 23.5 Å². The third-order valence-corrected chi connectivity index (χ3v) is 4.75. The van der Waals surface area contributed by atoms with Crippen LogP contribution in [0.5, 0.6) is 5.75 Å². The van der Waals surface area contributed by atoms with Crippen molar-refractivity contribution >= 4 is 35.0 Å². The number of thioether (sulfide) groups is 1. The summed E-state index contributed by atoms with van der Waals surface area (Å²) in [5, 5.41) is 5.36. The number of hydrogen-bond donors (Lipinski definition) is 2. The summed E-state index contributed by atoms with van der Waals surface area (Å²) in [6.45, 7) is 3.73. The Morgan fingerprint density at radius 3 is 2.40 bits per heavy atom. The van der Waals surface area contributed by atoms with Crippen LogP contribution >= 0.6 is 11.8 Å². The van der Waals surface area contributed by atoms with Crippen LogP contribution in [0.3, 0.4) is 0 Å². The summed E-state index contributed by atoms with van der Waals surface area (Å²) in [4.78, 5) is 24.2. The Bertz CT molecular complexity index is 732. The lowest BCUT2D eigenvalue weighted by atomic mass is 10.2. The molecule has 0 aliphatic rings. The molecule has 0 fully saturated rings. The van der Waals surface area contributed by atoms with Gasteiger partial charge in [0.1, 0.15) is 5.75 Å². The molecule has 5 nitrogen and oxygen atoms in total. The van der Waals surface area contributed by atoms with Gasteiger partial charge in [-0.15, -0.1) is 11.8 Å². The van der Waals surface area contributed by atoms with E-state index in [1.807, 2.05) is 31.2 Å². The van der Waals surface area contributed by atoms with Gasteiger partial charge in [-0.1, -0.05) is 18.2 Å². The number of amides is 2. The minimum atomic E-state index is -0.332. The van der Waals surface area contributed by atoms with E-state index in [9.17, 15) is 9.59 Å². The molecule has 0 radical (unpaired) electrons. The first-order chi connectivity index (χ1) is 12.0. The lowest BCUT2D eigenvalue weighted by molar-refractivity contribution is -0.115. The van der Waals surface area contributed by atoms with Crippen molar-refractivity contribution in [2.45, 2.75) is 19.1 Å². The molecule has 2 aromatic carbocycles. The van der Waals surface area contributed by atoms with Gasteiger partial charge in [0.2, 0.25) is 11.8 Å². The number of carbonyl (C=O) groups excluding carboxylic acids is 2. The van der Waals surface area contributed by atoms with Crippen molar-refractivity contribution in [3.05, 3.63) is 54.1 Å². The van der Waals surface area contributed by atoms with Crippen molar-refractivity contribution in [3.63, 3.8) is 0 Å². The molecule has 0 aliphatic heterocycles. The highest BCUT2D eigenvalue weighted by atomic mass is 32.2. The zero-order chi connectivity index (χ0) is 18.2. The maximum Gasteiger partial charge on any atom is 0.237 e. The highest BCUT2D eigenvalue weighted by Gasteiger charge is 2.16. The van der Waals surface area contributed by atoms with Gasteiger partial charge in [-0.3, -0.25) is 9.59 Å². The second-order valence-electron chi connectivity index (χ2n) is 5.53. The first-order valence-electron chi connectivity index (χ1n) is 7.91. The maximum absolute atomic E-state index is 12.2. The highest BCUT2D eigenvalue weighted by molar-refractivity contribution is 8.01. The minimum Gasteiger partial charge on any atom is -0.497 e. The van der Waals surface area contributed by atoms with Crippen LogP contribution in [-0.2, 0) is 9.59 Å². The second-order valence-corrected chi connectivity index (χ2v) is 6.86. The summed E-state index contributed by atoms with van der Waals surface area (Å²) >= 11 is 1.30. The first kappa shape index (κ1) is 18.9. The van der Waals surface area contributed by atoms with E-state index < -0.39 is 0 Å². The lowest BCUT2D eigenvalue weighted by Crippen LogP contribution is -2.25. The smallest absolute Gasteiger partial charge is 0.237 e. The fraction of sp³-hybridized carbons (Fsp3) is 0.263. The van der Waals surface area contributed by atoms with E-state index in [0.717, 1.165) is 17.0 Å². The normalized spacial score (nSPS) is 11.5. The van der Waals surface area contributed by atoms with E-state index in [2.05, 4.69) is 10.6 Å². The van der Waals surface area contributed by atoms with Crippen LogP contribution in [0.25, 0.3) is 0 Å². The molecule has 1 atom stereocenters. The molecule has 2 aromatic rings. The second kappa shape index (κ2) is 9.13. The van der Waals surface area contributed by atoms with Crippen molar-refractivity contribution in [1.82, 2.24) is 0 Å². The lowest BCUT2D eigenvalue weighted by Gasteiger charge is -2.13. The average molecular weight is 358 g/mol. The van der Waals surface area contributed by atoms with Gasteiger partial charge in [0, 0.05) is 11.4 Å². The maximum atomic E-state index is 12.2. The van der Waals surface area contributed by atoms with Gasteiger partial charge in [0.25, 0.3) is 0 Å². The van der Waals surface area contributed by atoms with Crippen LogP contribution < -0.4 is 15.4 Å². The van der Waals surface area contributed by atoms with Crippen molar-refractivity contribution in [2.24, 2.45) is 0 Å². The number of ether oxygens (including phenoxy) is 1. The number of para-hydroxylation sites is 1. The topological polar surface area (TPSA) is 67.4 Å². The van der Waals surface area contributed by atoms with E-state index >= 15 is 0 Å². The third kappa shape index (κ3) is 5.83. The predicted molar refractivity (Wildman–Crippen MR) is 103 cm³/mol. The zero-order valence-corrected chi connectivity index (χ0v) is 15.4. The third-order valence-electron chi connectivity index (χ3n) is 3.61. The fourth-order valence-corrected chi connectivity index (χ4v) is 2.78. The van der Waals surface area contributed by atoms with Crippen molar-refractivity contribution in [1.29, 1.82) is 0 Å². The summed E-state index contributed by atoms with van der Waals surface area (Å²) in [6, 6.07) is 14.7. The summed E-state index contributed by atoms with van der Waals surface area (Å²) in [5.74, 6) is 0.671. The number of hydrogen-bond acceptors (Lipinski definition) is 4. The Morgan fingerprint density at radius 1 is 1.08 bits per heavy atom. The standard InChI is InChI=1S/C19H22N2O3S/c1-13-6-4-5-7-17(13)21-19(23)14(2)25-12-18(22)20-15-8-10-16(24-3)11-9-15/h4-11,14H,12H2,1-3H3,(H,20,22)(H,21,23)/t14-/m1/s1. The molecular formula is C19H22N2O3S. The average Bonchev–Trinajstić information content (AvgIpc) is 2.62. The molecule has 0 aromatic heterocycles. The molecule has 6 heteroatoms. The minimum absolute atomic E-state index is 0.114. The quantitative estimate of drug-likeness (QED) is 0.792. The Labute approximate surface area is 152 Å². The molecule has 0 spiro atoms. The van der Waals surface area contributed by atoms with E-state index in [4.69, 9.17) is 4.74 Å². The monoisotopic (exact) mass is 358 g/mol. The molecule has 0 saturated heterocycles. The van der Waals surface area contributed by atoms with Gasteiger partial charge in [-0.05, 0) is 49.7 Å². The molecular weight excluding hydrogens is 336 g/mol. The van der Waals surface area contributed by atoms with Gasteiger partial charge in [0.05, 0.1) is 18.1 Å². The number of benzene rings is 2. The number of methoxy groups -OCH3 is 1. The van der Waals surface area contributed by atoms with E-state index in [0.29, 0.717) is 5.69 Å². The van der Waals surface area contributed by atoms with Crippen LogP contribution in [0, 0.1) is 6.92 Å². The molecule has 132 valence electrons. The Balaban J connectivity index is 1.80. The molecule has 2 N–H and O–H groups in total. The largest absolute Gasteiger partial charge is 0.497 e. The number of anilines is 2. The Morgan fingerprint density at radius 2 is 1.76 bits per heavy atom. The predicted octanol–water partition coefficient (Wildman–Crippen LogP) is 3.70. The SMILES string of the molecule is COc1ccc(NC(=O)CS[C@H](C)C(=O)Nc2ccccc2C)cc1. The molecule has 0 bridgehead atoms. The van der Waals surface area contributed by atoms with Gasteiger partial charge in [-0.25, -0.2) is 0 Å². The molecule has 0 saturated carbocycles. The number of carbonyl (C=O) groups is 2. The van der Waals surface area contributed by atoms with Crippen molar-refractivity contribution < 1.29 is 14.3 Å². The van der Waals surface area contributed by atoms with Crippen LogP contribution in [0.1, 0.15) is 12.5 Å². The number of aryl methyl sites for hydroxylation is 1. The molecule has 25 heavy (non-hydrogen) atoms. The van der Waals surface area contributed by atoms with Gasteiger partial charge in [-0.2, -0.15) is 0 Å². The molecule has 2 amide bonds. The Hall–Kier alpha value is -2.47. The first-order valence-corrected chi connectivity index (χ1v) is 8.96. The van der Waals surface area contributed by atoms with E-state index in [-0.39, 0.29) is 22.8 Å². The van der Waals surface area contributed by atoms with Crippen LogP contribution in [-0.4, -0.2) is 29.9 Å². The number of rotatable bonds is 7. The van der Waals surface area contributed by atoms with E-state index in [1.165, 1.54) is 11.8 Å². The van der Waals surface area contributed by atoms with Gasteiger partial charge < -0.3 is 15.4 Å². The summed E-state index contributed by atoms with van der Waals surface area (Å²) in [7, 11) is 1.59. The van der Waals surface area contributed by atoms with Crippen LogP contribution in [0.15, 0.2) is 48.5 Å². The summed E-state index contributed by atoms with van der Waals surface area (Å²) in [5.41, 5.74) is 2.50. The molecule has 2 rings (SSSR count). The summed E-state index contributed by atoms with van der Waals surface area (Å²) in [6.07, 6.45) is 0. The summed E-state index contributed by atoms with van der Waals surface area (Å²) < 4.78 is 5.08. The van der Waals surface area contributed by atoms with E-state index in [1.54, 1.807) is 38.3 Å².